The van der Waals surface area contributed by atoms with Crippen LogP contribution in [0.2, 0.25) is 0 Å². The first kappa shape index (κ1) is 16.3. The molecule has 1 fully saturated rings. The Balaban J connectivity index is 2.10. The Hall–Kier alpha value is -2.04. The Morgan fingerprint density at radius 3 is 2.32 bits per heavy atom. The van der Waals surface area contributed by atoms with Crippen LogP contribution in [0.5, 0.6) is 0 Å². The number of carboxylic acid groups (broad SMARTS) is 1. The van der Waals surface area contributed by atoms with Gasteiger partial charge in [-0.2, -0.15) is 0 Å². The van der Waals surface area contributed by atoms with Crippen LogP contribution < -0.4 is 5.32 Å². The first-order chi connectivity index (χ1) is 10.4. The number of carbonyl (C=O) groups excluding carboxylic acids is 1. The van der Waals surface area contributed by atoms with E-state index in [9.17, 15) is 9.59 Å². The van der Waals surface area contributed by atoms with Gasteiger partial charge in [-0.25, -0.2) is 4.79 Å². The van der Waals surface area contributed by atoms with Gasteiger partial charge in [-0.1, -0.05) is 6.07 Å². The summed E-state index contributed by atoms with van der Waals surface area (Å²) in [5.74, 6) is -1.25. The zero-order chi connectivity index (χ0) is 16.3. The summed E-state index contributed by atoms with van der Waals surface area (Å²) >= 11 is 0. The molecule has 5 nitrogen and oxygen atoms in total. The maximum Gasteiger partial charge on any atom is 0.338 e. The fourth-order valence-electron chi connectivity index (χ4n) is 3.04. The molecule has 0 saturated heterocycles. The first-order valence-electron chi connectivity index (χ1n) is 7.61. The maximum atomic E-state index is 11.8. The maximum absolute atomic E-state index is 11.8. The number of anilines is 1. The number of carboxylic acids is 1. The van der Waals surface area contributed by atoms with E-state index in [1.807, 2.05) is 26.0 Å². The number of carbonyl (C=O) groups is 2. The molecule has 0 bridgehead atoms. The number of benzene rings is 1. The summed E-state index contributed by atoms with van der Waals surface area (Å²) in [6.07, 6.45) is 3.05. The topological polar surface area (TPSA) is 75.6 Å². The highest BCUT2D eigenvalue weighted by atomic mass is 16.5. The Kier molecular flexibility index (Phi) is 5.06. The van der Waals surface area contributed by atoms with E-state index in [1.165, 1.54) is 7.11 Å². The van der Waals surface area contributed by atoms with Gasteiger partial charge in [0, 0.05) is 11.7 Å². The minimum atomic E-state index is -0.696. The van der Waals surface area contributed by atoms with Crippen molar-refractivity contribution in [3.8, 4) is 0 Å². The fraction of sp³-hybridized carbons (Fsp3) is 0.529. The van der Waals surface area contributed by atoms with Crippen LogP contribution in [0.4, 0.5) is 5.69 Å². The van der Waals surface area contributed by atoms with Gasteiger partial charge < -0.3 is 15.2 Å². The molecule has 1 saturated carbocycles. The van der Waals surface area contributed by atoms with Crippen LogP contribution in [0.3, 0.4) is 0 Å². The van der Waals surface area contributed by atoms with E-state index in [0.717, 1.165) is 29.7 Å². The third-order valence-electron chi connectivity index (χ3n) is 4.41. The summed E-state index contributed by atoms with van der Waals surface area (Å²) in [6, 6.07) is 4.06. The summed E-state index contributed by atoms with van der Waals surface area (Å²) in [5.41, 5.74) is 3.45. The molecule has 5 heteroatoms. The van der Waals surface area contributed by atoms with E-state index in [2.05, 4.69) is 5.32 Å². The van der Waals surface area contributed by atoms with Crippen LogP contribution in [0.15, 0.2) is 12.1 Å². The summed E-state index contributed by atoms with van der Waals surface area (Å²) < 4.78 is 4.81. The molecule has 0 radical (unpaired) electrons. The van der Waals surface area contributed by atoms with Crippen molar-refractivity contribution in [2.45, 2.75) is 45.6 Å². The predicted octanol–water partition coefficient (Wildman–Crippen LogP) is 3.15. The van der Waals surface area contributed by atoms with Gasteiger partial charge in [0.05, 0.1) is 18.6 Å². The minimum absolute atomic E-state index is 0.220. The molecule has 1 aromatic rings. The summed E-state index contributed by atoms with van der Waals surface area (Å²) in [6.45, 7) is 3.89. The predicted molar refractivity (Wildman–Crippen MR) is 84.3 cm³/mol. The van der Waals surface area contributed by atoms with Crippen molar-refractivity contribution in [2.75, 3.05) is 12.4 Å². The normalized spacial score (nSPS) is 21.2. The summed E-state index contributed by atoms with van der Waals surface area (Å²) in [7, 11) is 1.38. The van der Waals surface area contributed by atoms with Crippen LogP contribution in [-0.2, 0) is 9.53 Å². The average molecular weight is 305 g/mol. The van der Waals surface area contributed by atoms with Crippen molar-refractivity contribution < 1.29 is 19.4 Å². The lowest BCUT2D eigenvalue weighted by atomic mass is 9.86. The van der Waals surface area contributed by atoms with Gasteiger partial charge in [-0.15, -0.1) is 0 Å². The molecule has 0 atom stereocenters. The van der Waals surface area contributed by atoms with Gasteiger partial charge in [-0.05, 0) is 56.7 Å². The smallest absolute Gasteiger partial charge is 0.338 e. The monoisotopic (exact) mass is 305 g/mol. The number of nitrogens with one attached hydrogen (secondary N) is 1. The molecule has 0 heterocycles. The van der Waals surface area contributed by atoms with Gasteiger partial charge in [0.15, 0.2) is 0 Å². The van der Waals surface area contributed by atoms with Gasteiger partial charge in [0.25, 0.3) is 0 Å². The molecule has 0 amide bonds. The molecule has 120 valence electrons. The fourth-order valence-corrected chi connectivity index (χ4v) is 3.04. The van der Waals surface area contributed by atoms with Crippen molar-refractivity contribution in [1.82, 2.24) is 0 Å². The number of hydrogen-bond donors (Lipinski definition) is 2. The highest BCUT2D eigenvalue weighted by Gasteiger charge is 2.26. The Morgan fingerprint density at radius 1 is 1.14 bits per heavy atom. The molecular formula is C17H23NO4. The lowest BCUT2D eigenvalue weighted by molar-refractivity contribution is -0.142. The third kappa shape index (κ3) is 3.59. The van der Waals surface area contributed by atoms with E-state index >= 15 is 0 Å². The van der Waals surface area contributed by atoms with Crippen molar-refractivity contribution in [3.63, 3.8) is 0 Å². The first-order valence-corrected chi connectivity index (χ1v) is 7.61. The van der Waals surface area contributed by atoms with Crippen molar-refractivity contribution >= 4 is 17.6 Å². The molecular weight excluding hydrogens is 282 g/mol. The number of esters is 1. The molecule has 0 spiro atoms. The largest absolute Gasteiger partial charge is 0.481 e. The zero-order valence-electron chi connectivity index (χ0n) is 13.3. The van der Waals surface area contributed by atoms with E-state index < -0.39 is 5.97 Å². The molecule has 22 heavy (non-hydrogen) atoms. The summed E-state index contributed by atoms with van der Waals surface area (Å²) in [5, 5.41) is 12.5. The molecule has 0 aromatic heterocycles. The standard InChI is InChI=1S/C17H23NO4/c1-10-8-11(2)15(9-14(10)17(21)22-3)18-13-6-4-12(5-7-13)16(19)20/h8-9,12-13,18H,4-7H2,1-3H3,(H,19,20). The average Bonchev–Trinajstić information content (AvgIpc) is 2.49. The number of hydrogen-bond acceptors (Lipinski definition) is 4. The lowest BCUT2D eigenvalue weighted by Gasteiger charge is -2.28. The van der Waals surface area contributed by atoms with Crippen molar-refractivity contribution in [2.24, 2.45) is 5.92 Å². The number of methoxy groups -OCH3 is 1. The van der Waals surface area contributed by atoms with E-state index in [4.69, 9.17) is 9.84 Å². The Morgan fingerprint density at radius 2 is 1.77 bits per heavy atom. The second-order valence-electron chi connectivity index (χ2n) is 6.00. The van der Waals surface area contributed by atoms with E-state index in [0.29, 0.717) is 18.4 Å². The van der Waals surface area contributed by atoms with Crippen LogP contribution in [0.25, 0.3) is 0 Å². The lowest BCUT2D eigenvalue weighted by Crippen LogP contribution is -2.29. The minimum Gasteiger partial charge on any atom is -0.481 e. The number of aryl methyl sites for hydroxylation is 2. The highest BCUT2D eigenvalue weighted by Crippen LogP contribution is 2.29. The van der Waals surface area contributed by atoms with E-state index in [1.54, 1.807) is 0 Å². The van der Waals surface area contributed by atoms with Crippen LogP contribution in [-0.4, -0.2) is 30.2 Å². The van der Waals surface area contributed by atoms with Crippen LogP contribution >= 0.6 is 0 Å². The molecule has 1 aromatic carbocycles. The highest BCUT2D eigenvalue weighted by molar-refractivity contribution is 5.92. The second-order valence-corrected chi connectivity index (χ2v) is 6.00. The SMILES string of the molecule is COC(=O)c1cc(NC2CCC(C(=O)O)CC2)c(C)cc1C. The van der Waals surface area contributed by atoms with Crippen molar-refractivity contribution in [3.05, 3.63) is 28.8 Å². The zero-order valence-corrected chi connectivity index (χ0v) is 13.3. The Labute approximate surface area is 130 Å². The third-order valence-corrected chi connectivity index (χ3v) is 4.41. The molecule has 1 aliphatic rings. The molecule has 1 aliphatic carbocycles. The van der Waals surface area contributed by atoms with Gasteiger partial charge >= 0.3 is 11.9 Å². The molecule has 0 aliphatic heterocycles. The number of rotatable bonds is 4. The molecule has 2 rings (SSSR count). The number of ether oxygens (including phenoxy) is 1. The molecule has 0 unspecified atom stereocenters. The number of aliphatic carboxylic acids is 1. The second kappa shape index (κ2) is 6.81. The molecule has 2 N–H and O–H groups in total. The summed E-state index contributed by atoms with van der Waals surface area (Å²) in [4.78, 5) is 22.8. The van der Waals surface area contributed by atoms with Crippen LogP contribution in [0.1, 0.15) is 47.2 Å². The van der Waals surface area contributed by atoms with Gasteiger partial charge in [-0.3, -0.25) is 4.79 Å². The van der Waals surface area contributed by atoms with E-state index in [-0.39, 0.29) is 17.9 Å². The Bertz CT molecular complexity index is 574. The van der Waals surface area contributed by atoms with Gasteiger partial charge in [0.1, 0.15) is 0 Å². The van der Waals surface area contributed by atoms with Crippen molar-refractivity contribution in [1.29, 1.82) is 0 Å². The quantitative estimate of drug-likeness (QED) is 0.836. The van der Waals surface area contributed by atoms with Crippen LogP contribution in [0, 0.1) is 19.8 Å². The van der Waals surface area contributed by atoms with Gasteiger partial charge in [0.2, 0.25) is 0 Å².